The summed E-state index contributed by atoms with van der Waals surface area (Å²) in [5.74, 6) is 0.526. The van der Waals surface area contributed by atoms with Crippen LogP contribution in [-0.4, -0.2) is 38.2 Å². The van der Waals surface area contributed by atoms with Crippen LogP contribution in [-0.2, 0) is 4.79 Å². The first-order chi connectivity index (χ1) is 12.9. The molecule has 5 heteroatoms. The van der Waals surface area contributed by atoms with Crippen LogP contribution in [0.5, 0.6) is 0 Å². The lowest BCUT2D eigenvalue weighted by Gasteiger charge is -2.30. The van der Waals surface area contributed by atoms with Gasteiger partial charge in [-0.2, -0.15) is 0 Å². The lowest BCUT2D eigenvalue weighted by Crippen LogP contribution is -2.43. The van der Waals surface area contributed by atoms with Crippen molar-refractivity contribution < 1.29 is 4.79 Å². The largest absolute Gasteiger partial charge is 0.337 e. The third-order valence-electron chi connectivity index (χ3n) is 4.55. The van der Waals surface area contributed by atoms with Crippen LogP contribution in [0.3, 0.4) is 0 Å². The smallest absolute Gasteiger partial charge is 0.233 e. The average molecular weight is 382 g/mol. The molecule has 0 radical (unpaired) electrons. The highest BCUT2D eigenvalue weighted by atomic mass is 32.2. The van der Waals surface area contributed by atoms with Crippen molar-refractivity contribution in [3.8, 4) is 5.69 Å². The first-order valence-corrected chi connectivity index (χ1v) is 10.4. The van der Waals surface area contributed by atoms with Crippen molar-refractivity contribution in [1.82, 2.24) is 14.5 Å². The van der Waals surface area contributed by atoms with Crippen molar-refractivity contribution >= 4 is 28.7 Å². The van der Waals surface area contributed by atoms with Gasteiger partial charge in [0.25, 0.3) is 0 Å². The summed E-state index contributed by atoms with van der Waals surface area (Å²) in [6.07, 6.45) is 0. The molecule has 0 aliphatic rings. The zero-order valence-corrected chi connectivity index (χ0v) is 17.5. The lowest BCUT2D eigenvalue weighted by molar-refractivity contribution is -0.131. The van der Waals surface area contributed by atoms with E-state index in [0.29, 0.717) is 5.75 Å². The molecule has 0 saturated heterocycles. The second-order valence-electron chi connectivity index (χ2n) is 7.33. The van der Waals surface area contributed by atoms with Gasteiger partial charge in [0.05, 0.1) is 16.8 Å². The first-order valence-electron chi connectivity index (χ1n) is 9.37. The molecule has 142 valence electrons. The number of aryl methyl sites for hydroxylation is 1. The van der Waals surface area contributed by atoms with Gasteiger partial charge in [-0.3, -0.25) is 9.36 Å². The summed E-state index contributed by atoms with van der Waals surface area (Å²) >= 11 is 1.50. The van der Waals surface area contributed by atoms with Gasteiger partial charge in [0, 0.05) is 17.8 Å². The molecule has 3 aromatic rings. The van der Waals surface area contributed by atoms with E-state index in [-0.39, 0.29) is 18.0 Å². The third-order valence-corrected chi connectivity index (χ3v) is 5.47. The molecule has 0 atom stereocenters. The highest BCUT2D eigenvalue weighted by molar-refractivity contribution is 7.99. The Morgan fingerprint density at radius 2 is 1.67 bits per heavy atom. The Bertz CT molecular complexity index is 920. The number of carbonyl (C=O) groups excluding carboxylic acids is 1. The Labute approximate surface area is 165 Å². The van der Waals surface area contributed by atoms with Crippen molar-refractivity contribution in [3.05, 3.63) is 54.1 Å². The van der Waals surface area contributed by atoms with E-state index in [1.165, 1.54) is 17.3 Å². The number of para-hydroxylation sites is 2. The molecule has 0 N–H and O–H groups in total. The Morgan fingerprint density at radius 3 is 2.30 bits per heavy atom. The summed E-state index contributed by atoms with van der Waals surface area (Å²) in [4.78, 5) is 19.5. The van der Waals surface area contributed by atoms with Gasteiger partial charge in [0.2, 0.25) is 5.91 Å². The van der Waals surface area contributed by atoms with Crippen molar-refractivity contribution in [1.29, 1.82) is 0 Å². The molecule has 1 amide bonds. The zero-order valence-electron chi connectivity index (χ0n) is 16.6. The fourth-order valence-corrected chi connectivity index (χ4v) is 4.31. The zero-order chi connectivity index (χ0) is 19.6. The number of nitrogens with zero attached hydrogens (tertiary/aromatic N) is 3. The van der Waals surface area contributed by atoms with Gasteiger partial charge in [0.1, 0.15) is 0 Å². The Kier molecular flexibility index (Phi) is 5.90. The van der Waals surface area contributed by atoms with Crippen molar-refractivity contribution in [2.24, 2.45) is 0 Å². The van der Waals surface area contributed by atoms with Crippen LogP contribution in [0.25, 0.3) is 16.7 Å². The molecule has 1 heterocycles. The quantitative estimate of drug-likeness (QED) is 0.559. The predicted molar refractivity (Wildman–Crippen MR) is 114 cm³/mol. The predicted octanol–water partition coefficient (Wildman–Crippen LogP) is 5.07. The number of benzene rings is 2. The fourth-order valence-electron chi connectivity index (χ4n) is 3.42. The molecular weight excluding hydrogens is 354 g/mol. The molecule has 0 spiro atoms. The van der Waals surface area contributed by atoms with Crippen LogP contribution >= 0.6 is 11.8 Å². The number of carbonyl (C=O) groups is 1. The number of aromatic nitrogens is 2. The highest BCUT2D eigenvalue weighted by Crippen LogP contribution is 2.28. The first kappa shape index (κ1) is 19.5. The number of hydrogen-bond donors (Lipinski definition) is 0. The number of hydrogen-bond acceptors (Lipinski definition) is 3. The minimum Gasteiger partial charge on any atom is -0.337 e. The van der Waals surface area contributed by atoms with Crippen LogP contribution in [0.2, 0.25) is 0 Å². The second-order valence-corrected chi connectivity index (χ2v) is 8.27. The van der Waals surface area contributed by atoms with Crippen LogP contribution < -0.4 is 0 Å². The molecule has 0 saturated carbocycles. The van der Waals surface area contributed by atoms with Crippen LogP contribution in [0.15, 0.2) is 53.7 Å². The molecule has 3 rings (SSSR count). The number of rotatable bonds is 6. The maximum absolute atomic E-state index is 12.8. The van der Waals surface area contributed by atoms with Crippen molar-refractivity contribution in [2.45, 2.75) is 51.9 Å². The summed E-state index contributed by atoms with van der Waals surface area (Å²) in [5, 5.41) is 0.848. The molecule has 0 aliphatic carbocycles. The van der Waals surface area contributed by atoms with Crippen LogP contribution in [0.1, 0.15) is 33.3 Å². The van der Waals surface area contributed by atoms with Gasteiger partial charge in [-0.25, -0.2) is 4.98 Å². The molecule has 0 fully saturated rings. The Hall–Kier alpha value is -2.27. The monoisotopic (exact) mass is 381 g/mol. The molecular formula is C22H27N3OS. The highest BCUT2D eigenvalue weighted by Gasteiger charge is 2.21. The fraction of sp³-hybridized carbons (Fsp3) is 0.364. The minimum absolute atomic E-state index is 0.146. The van der Waals surface area contributed by atoms with E-state index in [1.54, 1.807) is 0 Å². The molecule has 27 heavy (non-hydrogen) atoms. The third kappa shape index (κ3) is 4.19. The second kappa shape index (κ2) is 8.17. The van der Waals surface area contributed by atoms with Gasteiger partial charge in [-0.1, -0.05) is 41.6 Å². The van der Waals surface area contributed by atoms with Crippen LogP contribution in [0.4, 0.5) is 0 Å². The van der Waals surface area contributed by atoms with Gasteiger partial charge < -0.3 is 4.90 Å². The Morgan fingerprint density at radius 1 is 1.04 bits per heavy atom. The molecule has 0 unspecified atom stereocenters. The van der Waals surface area contributed by atoms with E-state index in [1.807, 2.05) is 23.1 Å². The van der Waals surface area contributed by atoms with Crippen LogP contribution in [0, 0.1) is 6.92 Å². The summed E-state index contributed by atoms with van der Waals surface area (Å²) in [6, 6.07) is 16.9. The van der Waals surface area contributed by atoms with E-state index < -0.39 is 0 Å². The molecule has 2 aromatic carbocycles. The van der Waals surface area contributed by atoms with Crippen molar-refractivity contribution in [2.75, 3.05) is 5.75 Å². The minimum atomic E-state index is 0.146. The summed E-state index contributed by atoms with van der Waals surface area (Å²) in [7, 11) is 0. The SMILES string of the molecule is Cc1ccc(-n2c(SCC(=O)N(C(C)C)C(C)C)nc3ccccc32)cc1. The maximum Gasteiger partial charge on any atom is 0.233 e. The average Bonchev–Trinajstić information content (AvgIpc) is 2.98. The van der Waals surface area contributed by atoms with Gasteiger partial charge >= 0.3 is 0 Å². The van der Waals surface area contributed by atoms with E-state index in [4.69, 9.17) is 4.98 Å². The van der Waals surface area contributed by atoms with E-state index in [2.05, 4.69) is 69.5 Å². The van der Waals surface area contributed by atoms with Gasteiger partial charge in [0.15, 0.2) is 5.16 Å². The lowest BCUT2D eigenvalue weighted by atomic mass is 10.2. The summed E-state index contributed by atoms with van der Waals surface area (Å²) in [5.41, 5.74) is 4.28. The van der Waals surface area contributed by atoms with E-state index in [9.17, 15) is 4.79 Å². The van der Waals surface area contributed by atoms with Crippen molar-refractivity contribution in [3.63, 3.8) is 0 Å². The Balaban J connectivity index is 1.94. The normalized spacial score (nSPS) is 11.5. The number of amides is 1. The van der Waals surface area contributed by atoms with E-state index in [0.717, 1.165) is 21.9 Å². The number of fused-ring (bicyclic) bond motifs is 1. The van der Waals surface area contributed by atoms with Gasteiger partial charge in [-0.05, 0) is 58.9 Å². The summed E-state index contributed by atoms with van der Waals surface area (Å²) < 4.78 is 2.14. The molecule has 1 aromatic heterocycles. The maximum atomic E-state index is 12.8. The number of imidazole rings is 1. The molecule has 0 aliphatic heterocycles. The number of thioether (sulfide) groups is 1. The molecule has 0 bridgehead atoms. The standard InChI is InChI=1S/C22H27N3OS/c1-15(2)24(16(3)4)21(26)14-27-22-23-19-8-6-7-9-20(19)25(22)18-12-10-17(5)11-13-18/h6-13,15-16H,14H2,1-5H3. The molecule has 4 nitrogen and oxygen atoms in total. The van der Waals surface area contributed by atoms with E-state index >= 15 is 0 Å². The topological polar surface area (TPSA) is 38.1 Å². The summed E-state index contributed by atoms with van der Waals surface area (Å²) in [6.45, 7) is 10.3. The van der Waals surface area contributed by atoms with Gasteiger partial charge in [-0.15, -0.1) is 0 Å².